The number of rotatable bonds is 7. The number of nitrogens with zero attached hydrogens (tertiary/aromatic N) is 3. The van der Waals surface area contributed by atoms with Crippen LogP contribution in [-0.2, 0) is 18.0 Å². The van der Waals surface area contributed by atoms with Crippen molar-refractivity contribution in [1.82, 2.24) is 20.1 Å². The van der Waals surface area contributed by atoms with E-state index in [0.717, 1.165) is 53.6 Å². The largest absolute Gasteiger partial charge is 0.416 e. The molecule has 3 amide bonds. The Bertz CT molecular complexity index is 1740. The van der Waals surface area contributed by atoms with Gasteiger partial charge in [0.15, 0.2) is 11.5 Å². The summed E-state index contributed by atoms with van der Waals surface area (Å²) in [5, 5.41) is 13.3. The van der Waals surface area contributed by atoms with Crippen molar-refractivity contribution in [1.29, 1.82) is 0 Å². The molecule has 12 heteroatoms. The zero-order chi connectivity index (χ0) is 31.4. The molecular weight excluding hydrogens is 571 g/mol. The number of halogens is 3. The van der Waals surface area contributed by atoms with E-state index < -0.39 is 17.8 Å². The third-order valence-electron chi connectivity index (χ3n) is 8.94. The van der Waals surface area contributed by atoms with Crippen LogP contribution in [0.5, 0.6) is 0 Å². The van der Waals surface area contributed by atoms with Crippen molar-refractivity contribution in [2.24, 2.45) is 18.4 Å². The Morgan fingerprint density at radius 3 is 2.41 bits per heavy atom. The summed E-state index contributed by atoms with van der Waals surface area (Å²) in [6.45, 7) is 4.37. The SMILES string of the molecule is Cn1nc(N)c2c(-c3ccc(NC(=O)Nc4cccc(C(F)(F)F)c4)cc3)cc([C@H]3C[C@@H](CC(=O)NC4CC4)C3(C)C)nc21. The Morgan fingerprint density at radius 1 is 1.05 bits per heavy atom. The van der Waals surface area contributed by atoms with Crippen molar-refractivity contribution in [2.45, 2.75) is 57.7 Å². The van der Waals surface area contributed by atoms with Crippen molar-refractivity contribution >= 4 is 40.2 Å². The second-order valence-corrected chi connectivity index (χ2v) is 12.4. The smallest absolute Gasteiger partial charge is 0.382 e. The summed E-state index contributed by atoms with van der Waals surface area (Å²) in [6, 6.07) is 13.2. The highest BCUT2D eigenvalue weighted by molar-refractivity contribution is 6.02. The van der Waals surface area contributed by atoms with Gasteiger partial charge in [0.25, 0.3) is 0 Å². The van der Waals surface area contributed by atoms with Crippen molar-refractivity contribution in [2.75, 3.05) is 16.4 Å². The first-order chi connectivity index (χ1) is 20.8. The quantitative estimate of drug-likeness (QED) is 0.187. The number of anilines is 3. The van der Waals surface area contributed by atoms with Crippen LogP contribution in [0.4, 0.5) is 35.2 Å². The maximum absolute atomic E-state index is 13.0. The van der Waals surface area contributed by atoms with Crippen LogP contribution in [0.2, 0.25) is 0 Å². The molecule has 6 rings (SSSR count). The van der Waals surface area contributed by atoms with Gasteiger partial charge < -0.3 is 21.7 Å². The van der Waals surface area contributed by atoms with Gasteiger partial charge in [0.2, 0.25) is 5.91 Å². The van der Waals surface area contributed by atoms with Gasteiger partial charge in [-0.15, -0.1) is 0 Å². The van der Waals surface area contributed by atoms with E-state index in [4.69, 9.17) is 10.7 Å². The van der Waals surface area contributed by atoms with Crippen LogP contribution < -0.4 is 21.7 Å². The first-order valence-electron chi connectivity index (χ1n) is 14.6. The minimum atomic E-state index is -4.51. The number of aromatic nitrogens is 3. The van der Waals surface area contributed by atoms with Crippen LogP contribution in [0.15, 0.2) is 54.6 Å². The van der Waals surface area contributed by atoms with Gasteiger partial charge in [0.05, 0.1) is 10.9 Å². The van der Waals surface area contributed by atoms with E-state index in [-0.39, 0.29) is 28.8 Å². The molecule has 0 bridgehead atoms. The molecule has 0 aliphatic heterocycles. The molecule has 2 aliphatic rings. The summed E-state index contributed by atoms with van der Waals surface area (Å²) >= 11 is 0. The first-order valence-corrected chi connectivity index (χ1v) is 14.6. The number of nitrogen functional groups attached to an aromatic ring is 1. The van der Waals surface area contributed by atoms with Crippen molar-refractivity contribution in [3.8, 4) is 11.1 Å². The normalized spacial score (nSPS) is 19.3. The number of hydrogen-bond acceptors (Lipinski definition) is 5. The fraction of sp³-hybridized carbons (Fsp3) is 0.375. The highest BCUT2D eigenvalue weighted by Crippen LogP contribution is 2.58. The Balaban J connectivity index is 1.21. The summed E-state index contributed by atoms with van der Waals surface area (Å²) in [5.41, 5.74) is 9.05. The van der Waals surface area contributed by atoms with Gasteiger partial charge in [0, 0.05) is 42.5 Å². The number of pyridine rings is 1. The Morgan fingerprint density at radius 2 is 1.75 bits per heavy atom. The average Bonchev–Trinajstić information content (AvgIpc) is 3.73. The van der Waals surface area contributed by atoms with Gasteiger partial charge in [-0.1, -0.05) is 32.0 Å². The Kier molecular flexibility index (Phi) is 7.25. The third kappa shape index (κ3) is 5.80. The molecule has 44 heavy (non-hydrogen) atoms. The van der Waals surface area contributed by atoms with Gasteiger partial charge >= 0.3 is 12.2 Å². The third-order valence-corrected chi connectivity index (χ3v) is 8.94. The van der Waals surface area contributed by atoms with Crippen molar-refractivity contribution in [3.05, 3.63) is 65.9 Å². The molecule has 4 aromatic rings. The second kappa shape index (κ2) is 10.8. The molecule has 0 spiro atoms. The standard InChI is InChI=1S/C32H34F3N7O2/c1-31(2)19(15-26(43)37-20-11-12-20)14-24(31)25-16-23(27-28(36)41-42(3)29(27)40-25)17-7-9-21(10-8-17)38-30(44)39-22-6-4-5-18(13-22)32(33,34)35/h4-10,13,16,19-20,24H,11-12,14-15H2,1-3H3,(H2,36,41)(H,37,43)(H2,38,39,44)/t19-,24+/m0/s1. The van der Waals surface area contributed by atoms with Crippen molar-refractivity contribution in [3.63, 3.8) is 0 Å². The number of hydrogen-bond donors (Lipinski definition) is 4. The van der Waals surface area contributed by atoms with Gasteiger partial charge in [-0.3, -0.25) is 4.79 Å². The minimum Gasteiger partial charge on any atom is -0.382 e. The number of urea groups is 1. The van der Waals surface area contributed by atoms with Crippen LogP contribution in [0.1, 0.15) is 56.7 Å². The maximum atomic E-state index is 13.0. The van der Waals surface area contributed by atoms with Gasteiger partial charge in [-0.25, -0.2) is 14.5 Å². The first kappa shape index (κ1) is 29.5. The summed E-state index contributed by atoms with van der Waals surface area (Å²) in [6.07, 6.45) is -1.04. The second-order valence-electron chi connectivity index (χ2n) is 12.4. The van der Waals surface area contributed by atoms with E-state index in [2.05, 4.69) is 34.9 Å². The molecule has 0 unspecified atom stereocenters. The minimum absolute atomic E-state index is 0.0254. The lowest BCUT2D eigenvalue weighted by Crippen LogP contribution is -2.45. The molecule has 2 heterocycles. The Hall–Kier alpha value is -4.61. The molecule has 0 saturated heterocycles. The summed E-state index contributed by atoms with van der Waals surface area (Å²) in [4.78, 5) is 30.0. The lowest BCUT2D eigenvalue weighted by atomic mass is 9.52. The average molecular weight is 606 g/mol. The molecule has 2 aromatic heterocycles. The van der Waals surface area contributed by atoms with E-state index in [0.29, 0.717) is 29.6 Å². The van der Waals surface area contributed by atoms with Crippen LogP contribution in [-0.4, -0.2) is 32.7 Å². The van der Waals surface area contributed by atoms with Crippen molar-refractivity contribution < 1.29 is 22.8 Å². The maximum Gasteiger partial charge on any atom is 0.416 e. The lowest BCUT2D eigenvalue weighted by Gasteiger charge is -2.52. The number of carbonyl (C=O) groups is 2. The summed E-state index contributed by atoms with van der Waals surface area (Å²) in [5.74, 6) is 0.851. The lowest BCUT2D eigenvalue weighted by molar-refractivity contribution is -0.137. The summed E-state index contributed by atoms with van der Waals surface area (Å²) in [7, 11) is 1.80. The summed E-state index contributed by atoms with van der Waals surface area (Å²) < 4.78 is 40.7. The van der Waals surface area contributed by atoms with E-state index >= 15 is 0 Å². The molecule has 2 fully saturated rings. The zero-order valence-electron chi connectivity index (χ0n) is 24.6. The van der Waals surface area contributed by atoms with E-state index in [9.17, 15) is 22.8 Å². The van der Waals surface area contributed by atoms with E-state index in [1.165, 1.54) is 12.1 Å². The van der Waals surface area contributed by atoms with Crippen LogP contribution in [0.25, 0.3) is 22.2 Å². The number of nitrogens with one attached hydrogen (secondary N) is 3. The number of aryl methyl sites for hydroxylation is 1. The predicted octanol–water partition coefficient (Wildman–Crippen LogP) is 6.68. The molecule has 2 atom stereocenters. The topological polar surface area (TPSA) is 127 Å². The monoisotopic (exact) mass is 605 g/mol. The molecule has 2 saturated carbocycles. The number of nitrogens with two attached hydrogens (primary N) is 1. The van der Waals surface area contributed by atoms with E-state index in [1.54, 1.807) is 23.9 Å². The zero-order valence-corrected chi connectivity index (χ0v) is 24.6. The molecule has 9 nitrogen and oxygen atoms in total. The number of alkyl halides is 3. The molecular formula is C32H34F3N7O2. The van der Waals surface area contributed by atoms with Gasteiger partial charge in [-0.2, -0.15) is 18.3 Å². The number of fused-ring (bicyclic) bond motifs is 1. The molecule has 2 aromatic carbocycles. The molecule has 5 N–H and O–H groups in total. The van der Waals surface area contributed by atoms with Crippen LogP contribution in [0, 0.1) is 11.3 Å². The van der Waals surface area contributed by atoms with Crippen LogP contribution >= 0.6 is 0 Å². The fourth-order valence-corrected chi connectivity index (χ4v) is 6.11. The fourth-order valence-electron chi connectivity index (χ4n) is 6.11. The highest BCUT2D eigenvalue weighted by Gasteiger charge is 2.50. The van der Waals surface area contributed by atoms with Crippen LogP contribution in [0.3, 0.4) is 0 Å². The molecule has 0 radical (unpaired) electrons. The predicted molar refractivity (Wildman–Crippen MR) is 163 cm³/mol. The Labute approximate surface area is 252 Å². The highest BCUT2D eigenvalue weighted by atomic mass is 19.4. The van der Waals surface area contributed by atoms with Gasteiger partial charge in [-0.05, 0) is 78.1 Å². The number of benzene rings is 2. The number of amides is 3. The molecule has 230 valence electrons. The number of carbonyl (C=O) groups excluding carboxylic acids is 2. The van der Waals surface area contributed by atoms with Gasteiger partial charge in [0.1, 0.15) is 0 Å². The van der Waals surface area contributed by atoms with E-state index in [1.807, 2.05) is 18.2 Å². The molecule has 2 aliphatic carbocycles.